The van der Waals surface area contributed by atoms with E-state index in [1.54, 1.807) is 0 Å². The lowest BCUT2D eigenvalue weighted by Crippen LogP contribution is -2.25. The third-order valence-electron chi connectivity index (χ3n) is 3.52. The summed E-state index contributed by atoms with van der Waals surface area (Å²) in [6.07, 6.45) is 0.837. The van der Waals surface area contributed by atoms with Gasteiger partial charge in [0.15, 0.2) is 18.1 Å². The van der Waals surface area contributed by atoms with E-state index in [1.807, 2.05) is 56.3 Å². The van der Waals surface area contributed by atoms with Crippen molar-refractivity contribution in [2.24, 2.45) is 0 Å². The molecule has 2 aromatic carbocycles. The van der Waals surface area contributed by atoms with Crippen LogP contribution in [0.4, 0.5) is 5.69 Å². The van der Waals surface area contributed by atoms with Crippen molar-refractivity contribution in [2.75, 3.05) is 11.9 Å². The molecule has 1 heterocycles. The van der Waals surface area contributed by atoms with Gasteiger partial charge in [-0.2, -0.15) is 0 Å². The summed E-state index contributed by atoms with van der Waals surface area (Å²) in [4.78, 5) is 12.0. The van der Waals surface area contributed by atoms with Gasteiger partial charge in [0.05, 0.1) is 0 Å². The highest BCUT2D eigenvalue weighted by Crippen LogP contribution is 2.41. The number of hydrogen-bond donors (Lipinski definition) is 1. The van der Waals surface area contributed by atoms with E-state index in [0.29, 0.717) is 5.75 Å². The molecule has 0 aliphatic carbocycles. The van der Waals surface area contributed by atoms with Crippen LogP contribution in [0.5, 0.6) is 11.5 Å². The lowest BCUT2D eigenvalue weighted by atomic mass is 10.0. The van der Waals surface area contributed by atoms with Gasteiger partial charge in [-0.3, -0.25) is 4.79 Å². The maximum Gasteiger partial charge on any atom is 0.262 e. The van der Waals surface area contributed by atoms with Gasteiger partial charge >= 0.3 is 0 Å². The fourth-order valence-corrected chi connectivity index (χ4v) is 3.01. The first-order valence-corrected chi connectivity index (χ1v) is 8.21. The molecule has 0 spiro atoms. The van der Waals surface area contributed by atoms with Crippen LogP contribution in [0.25, 0.3) is 0 Å². The normalized spacial score (nSPS) is 14.7. The molecule has 0 saturated carbocycles. The quantitative estimate of drug-likeness (QED) is 0.871. The standard InChI is InChI=1S/C18H18BrNO3/c1-18(2)10-12-5-3-8-15(17(12)23-18)22-11-16(21)20-14-7-4-6-13(19)9-14/h3-9H,10-11H2,1-2H3,(H,20,21). The molecule has 0 bridgehead atoms. The molecular weight excluding hydrogens is 358 g/mol. The Labute approximate surface area is 143 Å². The number of carbonyl (C=O) groups excluding carboxylic acids is 1. The molecule has 0 saturated heterocycles. The summed E-state index contributed by atoms with van der Waals surface area (Å²) >= 11 is 3.37. The summed E-state index contributed by atoms with van der Waals surface area (Å²) in [5.74, 6) is 1.14. The highest BCUT2D eigenvalue weighted by molar-refractivity contribution is 9.10. The third-order valence-corrected chi connectivity index (χ3v) is 4.02. The first-order valence-electron chi connectivity index (χ1n) is 7.42. The Morgan fingerprint density at radius 3 is 2.87 bits per heavy atom. The number of benzene rings is 2. The molecule has 3 rings (SSSR count). The maximum absolute atomic E-state index is 12.0. The largest absolute Gasteiger partial charge is 0.483 e. The molecule has 120 valence electrons. The van der Waals surface area contributed by atoms with Gasteiger partial charge in [-0.1, -0.05) is 34.1 Å². The zero-order valence-electron chi connectivity index (χ0n) is 13.1. The Bertz CT molecular complexity index is 743. The number of ether oxygens (including phenoxy) is 2. The van der Waals surface area contributed by atoms with E-state index in [1.165, 1.54) is 0 Å². The second kappa shape index (κ2) is 6.24. The minimum Gasteiger partial charge on any atom is -0.483 e. The van der Waals surface area contributed by atoms with Crippen molar-refractivity contribution in [2.45, 2.75) is 25.9 Å². The summed E-state index contributed by atoms with van der Waals surface area (Å²) in [7, 11) is 0. The van der Waals surface area contributed by atoms with Crippen LogP contribution >= 0.6 is 15.9 Å². The van der Waals surface area contributed by atoms with Crippen LogP contribution in [0.1, 0.15) is 19.4 Å². The molecule has 1 aliphatic rings. The number of amides is 1. The molecule has 1 aliphatic heterocycles. The molecule has 0 aromatic heterocycles. The van der Waals surface area contributed by atoms with Crippen molar-refractivity contribution in [1.82, 2.24) is 0 Å². The first-order chi connectivity index (χ1) is 10.9. The average molecular weight is 376 g/mol. The van der Waals surface area contributed by atoms with Gasteiger partial charge in [0, 0.05) is 22.1 Å². The Kier molecular flexibility index (Phi) is 4.31. The summed E-state index contributed by atoms with van der Waals surface area (Å²) in [6.45, 7) is 4.01. The van der Waals surface area contributed by atoms with Gasteiger partial charge in [-0.15, -0.1) is 0 Å². The lowest BCUT2D eigenvalue weighted by molar-refractivity contribution is -0.118. The lowest BCUT2D eigenvalue weighted by Gasteiger charge is -2.18. The van der Waals surface area contributed by atoms with E-state index < -0.39 is 0 Å². The fourth-order valence-electron chi connectivity index (χ4n) is 2.61. The van der Waals surface area contributed by atoms with E-state index in [4.69, 9.17) is 9.47 Å². The Morgan fingerprint density at radius 2 is 2.09 bits per heavy atom. The Balaban J connectivity index is 1.63. The maximum atomic E-state index is 12.0. The number of halogens is 1. The third kappa shape index (κ3) is 3.85. The summed E-state index contributed by atoms with van der Waals surface area (Å²) in [5, 5.41) is 2.80. The van der Waals surface area contributed by atoms with Gasteiger partial charge in [0.1, 0.15) is 5.60 Å². The van der Waals surface area contributed by atoms with Crippen LogP contribution in [0.2, 0.25) is 0 Å². The zero-order valence-corrected chi connectivity index (χ0v) is 14.6. The number of para-hydroxylation sites is 1. The monoisotopic (exact) mass is 375 g/mol. The molecule has 0 unspecified atom stereocenters. The molecule has 1 amide bonds. The molecule has 23 heavy (non-hydrogen) atoms. The highest BCUT2D eigenvalue weighted by Gasteiger charge is 2.32. The van der Waals surface area contributed by atoms with Crippen LogP contribution in [0.15, 0.2) is 46.9 Å². The molecule has 0 fully saturated rings. The molecule has 0 atom stereocenters. The number of nitrogens with one attached hydrogen (secondary N) is 1. The van der Waals surface area contributed by atoms with Crippen molar-refractivity contribution >= 4 is 27.5 Å². The molecule has 1 N–H and O–H groups in total. The number of fused-ring (bicyclic) bond motifs is 1. The number of rotatable bonds is 4. The van der Waals surface area contributed by atoms with Crippen LogP contribution in [0, 0.1) is 0 Å². The Morgan fingerprint density at radius 1 is 1.30 bits per heavy atom. The van der Waals surface area contributed by atoms with Gasteiger partial charge in [0.25, 0.3) is 5.91 Å². The van der Waals surface area contributed by atoms with E-state index in [2.05, 4.69) is 21.2 Å². The number of carbonyl (C=O) groups is 1. The van der Waals surface area contributed by atoms with Crippen LogP contribution < -0.4 is 14.8 Å². The minimum absolute atomic E-state index is 0.0627. The van der Waals surface area contributed by atoms with Crippen molar-refractivity contribution in [1.29, 1.82) is 0 Å². The minimum atomic E-state index is -0.236. The van der Waals surface area contributed by atoms with Crippen molar-refractivity contribution in [3.05, 3.63) is 52.5 Å². The van der Waals surface area contributed by atoms with Gasteiger partial charge in [0.2, 0.25) is 0 Å². The van der Waals surface area contributed by atoms with Crippen LogP contribution in [0.3, 0.4) is 0 Å². The summed E-state index contributed by atoms with van der Waals surface area (Å²) in [5.41, 5.74) is 1.60. The zero-order chi connectivity index (χ0) is 16.4. The average Bonchev–Trinajstić information content (AvgIpc) is 2.79. The SMILES string of the molecule is CC1(C)Cc2cccc(OCC(=O)Nc3cccc(Br)c3)c2O1. The van der Waals surface area contributed by atoms with Crippen molar-refractivity contribution in [3.8, 4) is 11.5 Å². The first kappa shape index (κ1) is 15.9. The van der Waals surface area contributed by atoms with E-state index in [9.17, 15) is 4.79 Å². The molecular formula is C18H18BrNO3. The summed E-state index contributed by atoms with van der Waals surface area (Å²) < 4.78 is 12.5. The van der Waals surface area contributed by atoms with Gasteiger partial charge < -0.3 is 14.8 Å². The van der Waals surface area contributed by atoms with Crippen molar-refractivity contribution in [3.63, 3.8) is 0 Å². The van der Waals surface area contributed by atoms with Gasteiger partial charge in [-0.05, 0) is 38.1 Å². The van der Waals surface area contributed by atoms with Crippen LogP contribution in [-0.2, 0) is 11.2 Å². The highest BCUT2D eigenvalue weighted by atomic mass is 79.9. The summed E-state index contributed by atoms with van der Waals surface area (Å²) in [6, 6.07) is 13.2. The Hall–Kier alpha value is -2.01. The molecule has 2 aromatic rings. The van der Waals surface area contributed by atoms with E-state index in [-0.39, 0.29) is 18.1 Å². The molecule has 4 nitrogen and oxygen atoms in total. The molecule has 5 heteroatoms. The van der Waals surface area contributed by atoms with E-state index >= 15 is 0 Å². The predicted molar refractivity (Wildman–Crippen MR) is 93.1 cm³/mol. The van der Waals surface area contributed by atoms with Crippen molar-refractivity contribution < 1.29 is 14.3 Å². The smallest absolute Gasteiger partial charge is 0.262 e. The predicted octanol–water partition coefficient (Wildman–Crippen LogP) is 4.18. The fraction of sp³-hybridized carbons (Fsp3) is 0.278. The second-order valence-electron chi connectivity index (χ2n) is 6.13. The topological polar surface area (TPSA) is 47.6 Å². The number of hydrogen-bond acceptors (Lipinski definition) is 3. The number of anilines is 1. The second-order valence-corrected chi connectivity index (χ2v) is 7.05. The van der Waals surface area contributed by atoms with Gasteiger partial charge in [-0.25, -0.2) is 0 Å². The van der Waals surface area contributed by atoms with E-state index in [0.717, 1.165) is 27.9 Å². The molecule has 0 radical (unpaired) electrons. The van der Waals surface area contributed by atoms with Crippen LogP contribution in [-0.4, -0.2) is 18.1 Å².